The highest BCUT2D eigenvalue weighted by molar-refractivity contribution is 7.87. The summed E-state index contributed by atoms with van der Waals surface area (Å²) in [5, 5.41) is 8.52. The largest absolute Gasteiger partial charge is 0.309 e. The van der Waals surface area contributed by atoms with Crippen LogP contribution in [0.4, 0.5) is 0 Å². The summed E-state index contributed by atoms with van der Waals surface area (Å²) in [4.78, 5) is 3.72. The van der Waals surface area contributed by atoms with Crippen molar-refractivity contribution in [3.8, 4) is 6.07 Å². The molecule has 1 aliphatic rings. The lowest BCUT2D eigenvalue weighted by molar-refractivity contribution is 0.405. The van der Waals surface area contributed by atoms with Crippen LogP contribution in [0.15, 0.2) is 18.7 Å². The summed E-state index contributed by atoms with van der Waals surface area (Å²) in [6, 6.07) is 2.02. The first-order chi connectivity index (χ1) is 7.66. The van der Waals surface area contributed by atoms with E-state index in [4.69, 9.17) is 5.26 Å². The van der Waals surface area contributed by atoms with Gasteiger partial charge in [-0.15, -0.1) is 0 Å². The first-order valence-electron chi connectivity index (χ1n) is 5.03. The molecule has 1 saturated carbocycles. The molecule has 0 bridgehead atoms. The second kappa shape index (κ2) is 4.23. The molecule has 0 atom stereocenters. The van der Waals surface area contributed by atoms with Crippen molar-refractivity contribution < 1.29 is 8.42 Å². The molecular formula is C9H12N4O2S. The maximum Gasteiger partial charge on any atom is 0.309 e. The Labute approximate surface area is 94.3 Å². The quantitative estimate of drug-likeness (QED) is 0.744. The van der Waals surface area contributed by atoms with Crippen LogP contribution < -0.4 is 0 Å². The fourth-order valence-corrected chi connectivity index (χ4v) is 3.05. The van der Waals surface area contributed by atoms with E-state index < -0.39 is 10.2 Å². The lowest BCUT2D eigenvalue weighted by Gasteiger charge is -2.20. The summed E-state index contributed by atoms with van der Waals surface area (Å²) in [5.41, 5.74) is 0. The van der Waals surface area contributed by atoms with Crippen molar-refractivity contribution in [1.82, 2.24) is 13.3 Å². The van der Waals surface area contributed by atoms with Gasteiger partial charge in [0.2, 0.25) is 0 Å². The Hall–Kier alpha value is -1.39. The smallest absolute Gasteiger partial charge is 0.244 e. The third-order valence-corrected chi connectivity index (χ3v) is 4.26. The molecule has 0 unspecified atom stereocenters. The Balaban J connectivity index is 2.22. The summed E-state index contributed by atoms with van der Waals surface area (Å²) in [6.07, 6.45) is 6.05. The topological polar surface area (TPSA) is 79.0 Å². The lowest BCUT2D eigenvalue weighted by atomic mass is 10.4. The number of hydrogen-bond donors (Lipinski definition) is 0. The van der Waals surface area contributed by atoms with E-state index in [9.17, 15) is 8.42 Å². The number of nitriles is 1. The van der Waals surface area contributed by atoms with Crippen LogP contribution in [0.2, 0.25) is 0 Å². The molecule has 2 rings (SSSR count). The fourth-order valence-electron chi connectivity index (χ4n) is 1.51. The van der Waals surface area contributed by atoms with Crippen LogP contribution >= 0.6 is 0 Å². The Bertz CT molecular complexity index is 484. The average molecular weight is 240 g/mol. The molecular weight excluding hydrogens is 228 g/mol. The van der Waals surface area contributed by atoms with Gasteiger partial charge in [0.15, 0.2) is 0 Å². The Morgan fingerprint density at radius 1 is 1.56 bits per heavy atom. The van der Waals surface area contributed by atoms with Crippen LogP contribution in [0.1, 0.15) is 19.3 Å². The van der Waals surface area contributed by atoms with E-state index in [1.54, 1.807) is 0 Å². The van der Waals surface area contributed by atoms with E-state index in [1.807, 2.05) is 6.07 Å². The predicted octanol–water partition coefficient (Wildman–Crippen LogP) is 0.354. The zero-order valence-electron chi connectivity index (χ0n) is 8.65. The van der Waals surface area contributed by atoms with Crippen LogP contribution in [-0.4, -0.2) is 34.3 Å². The normalized spacial score (nSPS) is 16.2. The van der Waals surface area contributed by atoms with Crippen molar-refractivity contribution in [3.63, 3.8) is 0 Å². The average Bonchev–Trinajstić information content (AvgIpc) is 2.92. The van der Waals surface area contributed by atoms with Crippen molar-refractivity contribution in [3.05, 3.63) is 18.7 Å². The molecule has 1 aromatic rings. The second-order valence-corrected chi connectivity index (χ2v) is 5.44. The molecule has 16 heavy (non-hydrogen) atoms. The van der Waals surface area contributed by atoms with E-state index in [-0.39, 0.29) is 19.0 Å². The van der Waals surface area contributed by atoms with Crippen molar-refractivity contribution in [2.45, 2.75) is 25.3 Å². The minimum Gasteiger partial charge on any atom is -0.244 e. The van der Waals surface area contributed by atoms with Crippen LogP contribution in [0.25, 0.3) is 0 Å². The van der Waals surface area contributed by atoms with Crippen LogP contribution in [0.5, 0.6) is 0 Å². The number of rotatable bonds is 5. The molecule has 1 aromatic heterocycles. The van der Waals surface area contributed by atoms with Gasteiger partial charge < -0.3 is 0 Å². The molecule has 1 fully saturated rings. The lowest BCUT2D eigenvalue weighted by Crippen LogP contribution is -2.37. The maximum absolute atomic E-state index is 12.1. The third-order valence-electron chi connectivity index (χ3n) is 2.44. The van der Waals surface area contributed by atoms with Gasteiger partial charge in [0.05, 0.1) is 6.07 Å². The molecule has 0 amide bonds. The molecule has 0 N–H and O–H groups in total. The Morgan fingerprint density at radius 2 is 2.31 bits per heavy atom. The Morgan fingerprint density at radius 3 is 2.81 bits per heavy atom. The van der Waals surface area contributed by atoms with Gasteiger partial charge in [-0.2, -0.15) is 18.0 Å². The summed E-state index contributed by atoms with van der Waals surface area (Å²) < 4.78 is 26.7. The van der Waals surface area contributed by atoms with Crippen LogP contribution in [0, 0.1) is 11.3 Å². The van der Waals surface area contributed by atoms with Crippen molar-refractivity contribution in [1.29, 1.82) is 5.26 Å². The standard InChI is InChI=1S/C9H12N4O2S/c10-4-1-6-13(9-2-3-9)16(14,15)12-7-5-11-8-12/h5,7-9H,1-3,6H2. The molecule has 1 aliphatic carbocycles. The van der Waals surface area contributed by atoms with Gasteiger partial charge in [-0.1, -0.05) is 0 Å². The summed E-state index contributed by atoms with van der Waals surface area (Å²) >= 11 is 0. The van der Waals surface area contributed by atoms with Gasteiger partial charge in [-0.05, 0) is 12.8 Å². The number of nitrogens with zero attached hydrogens (tertiary/aromatic N) is 4. The first-order valence-corrected chi connectivity index (χ1v) is 6.43. The monoisotopic (exact) mass is 240 g/mol. The van der Waals surface area contributed by atoms with Crippen LogP contribution in [-0.2, 0) is 10.2 Å². The van der Waals surface area contributed by atoms with Crippen molar-refractivity contribution in [2.24, 2.45) is 0 Å². The van der Waals surface area contributed by atoms with E-state index in [0.29, 0.717) is 0 Å². The zero-order chi connectivity index (χ0) is 11.6. The van der Waals surface area contributed by atoms with Crippen molar-refractivity contribution in [2.75, 3.05) is 6.54 Å². The molecule has 7 heteroatoms. The summed E-state index contributed by atoms with van der Waals surface area (Å²) in [6.45, 7) is 0.252. The van der Waals surface area contributed by atoms with Gasteiger partial charge in [0.1, 0.15) is 6.33 Å². The highest BCUT2D eigenvalue weighted by Gasteiger charge is 2.37. The molecule has 6 nitrogen and oxygen atoms in total. The van der Waals surface area contributed by atoms with E-state index in [2.05, 4.69) is 4.98 Å². The summed E-state index contributed by atoms with van der Waals surface area (Å²) in [5.74, 6) is 0. The molecule has 0 spiro atoms. The van der Waals surface area contributed by atoms with Crippen molar-refractivity contribution >= 4 is 10.2 Å². The maximum atomic E-state index is 12.1. The number of aromatic nitrogens is 2. The second-order valence-electron chi connectivity index (χ2n) is 3.65. The van der Waals surface area contributed by atoms with E-state index in [1.165, 1.54) is 23.0 Å². The van der Waals surface area contributed by atoms with Gasteiger partial charge in [0, 0.05) is 31.4 Å². The van der Waals surface area contributed by atoms with Gasteiger partial charge in [-0.3, -0.25) is 0 Å². The van der Waals surface area contributed by atoms with E-state index in [0.717, 1.165) is 16.8 Å². The molecule has 0 aromatic carbocycles. The zero-order valence-corrected chi connectivity index (χ0v) is 9.47. The van der Waals surface area contributed by atoms with Gasteiger partial charge in [0.25, 0.3) is 0 Å². The Kier molecular flexibility index (Phi) is 2.94. The van der Waals surface area contributed by atoms with Gasteiger partial charge >= 0.3 is 10.2 Å². The minimum atomic E-state index is -3.53. The minimum absolute atomic E-state index is 0.0562. The molecule has 0 aliphatic heterocycles. The molecule has 86 valence electrons. The fraction of sp³-hybridized carbons (Fsp3) is 0.556. The number of imidazole rings is 1. The third kappa shape index (κ3) is 2.08. The molecule has 0 radical (unpaired) electrons. The SMILES string of the molecule is N#CCCN(C1CC1)S(=O)(=O)n1ccnc1. The molecule has 0 saturated heterocycles. The molecule has 1 heterocycles. The van der Waals surface area contributed by atoms with E-state index >= 15 is 0 Å². The van der Waals surface area contributed by atoms with Crippen LogP contribution in [0.3, 0.4) is 0 Å². The van der Waals surface area contributed by atoms with Gasteiger partial charge in [-0.25, -0.2) is 8.96 Å². The summed E-state index contributed by atoms with van der Waals surface area (Å²) in [7, 11) is -3.53. The number of hydrogen-bond acceptors (Lipinski definition) is 4. The first kappa shape index (κ1) is 11.1. The highest BCUT2D eigenvalue weighted by Crippen LogP contribution is 2.29. The predicted molar refractivity (Wildman–Crippen MR) is 56.5 cm³/mol. The highest BCUT2D eigenvalue weighted by atomic mass is 32.2.